The van der Waals surface area contributed by atoms with Crippen molar-refractivity contribution < 1.29 is 14.7 Å². The fourth-order valence-electron chi connectivity index (χ4n) is 2.64. The maximum Gasteiger partial charge on any atom is 0.307 e. The molecule has 1 saturated carbocycles. The summed E-state index contributed by atoms with van der Waals surface area (Å²) in [7, 11) is 1.77. The van der Waals surface area contributed by atoms with Crippen molar-refractivity contribution in [2.45, 2.75) is 26.2 Å². The SMILES string of the molecule is CCC1CC(C(=O)O)C(C(=O)N(C)CCSC)C1. The van der Waals surface area contributed by atoms with Gasteiger partial charge in [0.25, 0.3) is 0 Å². The Hall–Kier alpha value is -0.710. The molecule has 0 saturated heterocycles. The summed E-state index contributed by atoms with van der Waals surface area (Å²) in [5.74, 6) is -0.341. The smallest absolute Gasteiger partial charge is 0.307 e. The van der Waals surface area contributed by atoms with Crippen LogP contribution in [-0.4, -0.2) is 47.5 Å². The summed E-state index contributed by atoms with van der Waals surface area (Å²) in [5.41, 5.74) is 0. The lowest BCUT2D eigenvalue weighted by Gasteiger charge is -2.23. The minimum atomic E-state index is -0.817. The van der Waals surface area contributed by atoms with E-state index < -0.39 is 11.9 Å². The van der Waals surface area contributed by atoms with Crippen LogP contribution in [0.25, 0.3) is 0 Å². The first-order valence-electron chi connectivity index (χ1n) is 6.47. The number of carboxylic acids is 1. The van der Waals surface area contributed by atoms with Crippen molar-refractivity contribution in [1.29, 1.82) is 0 Å². The van der Waals surface area contributed by atoms with Crippen LogP contribution in [0.4, 0.5) is 0 Å². The van der Waals surface area contributed by atoms with Gasteiger partial charge in [0.15, 0.2) is 0 Å². The Kier molecular flexibility index (Phi) is 5.99. The highest BCUT2D eigenvalue weighted by molar-refractivity contribution is 7.98. The van der Waals surface area contributed by atoms with Gasteiger partial charge in [-0.15, -0.1) is 0 Å². The molecule has 1 fully saturated rings. The van der Waals surface area contributed by atoms with Crippen LogP contribution in [0.3, 0.4) is 0 Å². The summed E-state index contributed by atoms with van der Waals surface area (Å²) in [5, 5.41) is 9.23. The molecule has 18 heavy (non-hydrogen) atoms. The maximum absolute atomic E-state index is 12.3. The topological polar surface area (TPSA) is 57.6 Å². The number of rotatable bonds is 6. The number of hydrogen-bond acceptors (Lipinski definition) is 3. The Labute approximate surface area is 113 Å². The van der Waals surface area contributed by atoms with Gasteiger partial charge in [-0.3, -0.25) is 9.59 Å². The van der Waals surface area contributed by atoms with Crippen molar-refractivity contribution in [3.8, 4) is 0 Å². The third-order valence-electron chi connectivity index (χ3n) is 3.88. The van der Waals surface area contributed by atoms with Crippen molar-refractivity contribution in [2.24, 2.45) is 17.8 Å². The molecule has 5 heteroatoms. The van der Waals surface area contributed by atoms with Crippen LogP contribution in [0.1, 0.15) is 26.2 Å². The van der Waals surface area contributed by atoms with Gasteiger partial charge in [0, 0.05) is 19.3 Å². The van der Waals surface area contributed by atoms with Crippen LogP contribution < -0.4 is 0 Å². The molecule has 3 unspecified atom stereocenters. The number of thioether (sulfide) groups is 1. The molecule has 4 nitrogen and oxygen atoms in total. The van der Waals surface area contributed by atoms with Gasteiger partial charge >= 0.3 is 5.97 Å². The zero-order valence-corrected chi connectivity index (χ0v) is 12.2. The van der Waals surface area contributed by atoms with E-state index in [1.54, 1.807) is 23.7 Å². The number of aliphatic carboxylic acids is 1. The summed E-state index contributed by atoms with van der Waals surface area (Å²) >= 11 is 1.69. The Morgan fingerprint density at radius 1 is 1.33 bits per heavy atom. The minimum absolute atomic E-state index is 0.00685. The molecule has 0 aliphatic heterocycles. The first-order valence-corrected chi connectivity index (χ1v) is 7.87. The van der Waals surface area contributed by atoms with Gasteiger partial charge in [0.1, 0.15) is 0 Å². The molecule has 1 aliphatic rings. The van der Waals surface area contributed by atoms with Gasteiger partial charge in [0.2, 0.25) is 5.91 Å². The van der Waals surface area contributed by atoms with Gasteiger partial charge in [-0.05, 0) is 25.0 Å². The van der Waals surface area contributed by atoms with E-state index in [1.165, 1.54) is 0 Å². The molecule has 1 aliphatic carbocycles. The highest BCUT2D eigenvalue weighted by Crippen LogP contribution is 2.39. The highest BCUT2D eigenvalue weighted by atomic mass is 32.2. The molecule has 1 amide bonds. The number of carboxylic acid groups (broad SMARTS) is 1. The Bertz CT molecular complexity index is 309. The van der Waals surface area contributed by atoms with E-state index in [0.717, 1.165) is 18.6 Å². The third kappa shape index (κ3) is 3.64. The van der Waals surface area contributed by atoms with Crippen LogP contribution in [0.5, 0.6) is 0 Å². The molecule has 1 N–H and O–H groups in total. The first-order chi connectivity index (χ1) is 8.51. The molecule has 0 aromatic rings. The van der Waals surface area contributed by atoms with E-state index in [9.17, 15) is 14.7 Å². The van der Waals surface area contributed by atoms with Crippen molar-refractivity contribution in [1.82, 2.24) is 4.90 Å². The van der Waals surface area contributed by atoms with Crippen LogP contribution in [-0.2, 0) is 9.59 Å². The molecule has 3 atom stereocenters. The molecule has 0 bridgehead atoms. The van der Waals surface area contributed by atoms with E-state index in [0.29, 0.717) is 18.9 Å². The lowest BCUT2D eigenvalue weighted by molar-refractivity contribution is -0.148. The molecule has 1 rings (SSSR count). The van der Waals surface area contributed by atoms with Crippen LogP contribution in [0, 0.1) is 17.8 Å². The van der Waals surface area contributed by atoms with Crippen LogP contribution in [0.2, 0.25) is 0 Å². The third-order valence-corrected chi connectivity index (χ3v) is 4.47. The number of nitrogens with zero attached hydrogens (tertiary/aromatic N) is 1. The minimum Gasteiger partial charge on any atom is -0.481 e. The van der Waals surface area contributed by atoms with E-state index in [2.05, 4.69) is 6.92 Å². The molecule has 0 radical (unpaired) electrons. The zero-order valence-electron chi connectivity index (χ0n) is 11.4. The van der Waals surface area contributed by atoms with E-state index in [4.69, 9.17) is 0 Å². The number of amides is 1. The Morgan fingerprint density at radius 2 is 1.94 bits per heavy atom. The Balaban J connectivity index is 2.67. The summed E-state index contributed by atoms with van der Waals surface area (Å²) < 4.78 is 0. The highest BCUT2D eigenvalue weighted by Gasteiger charge is 2.42. The normalized spacial score (nSPS) is 27.2. The second-order valence-electron chi connectivity index (χ2n) is 5.05. The van der Waals surface area contributed by atoms with Crippen molar-refractivity contribution in [2.75, 3.05) is 25.6 Å². The molecule has 0 aromatic carbocycles. The van der Waals surface area contributed by atoms with Gasteiger partial charge in [-0.25, -0.2) is 0 Å². The fraction of sp³-hybridized carbons (Fsp3) is 0.846. The Morgan fingerprint density at radius 3 is 2.44 bits per heavy atom. The lowest BCUT2D eigenvalue weighted by atomic mass is 9.95. The predicted molar refractivity (Wildman–Crippen MR) is 73.6 cm³/mol. The predicted octanol–water partition coefficient (Wildman–Crippen LogP) is 1.94. The molecule has 0 heterocycles. The standard InChI is InChI=1S/C13H23NO3S/c1-4-9-7-10(11(8-9)13(16)17)12(15)14(2)5-6-18-3/h9-11H,4-8H2,1-3H3,(H,16,17). The maximum atomic E-state index is 12.3. The van der Waals surface area contributed by atoms with Crippen LogP contribution >= 0.6 is 11.8 Å². The molecule has 0 aromatic heterocycles. The van der Waals surface area contributed by atoms with Crippen LogP contribution in [0.15, 0.2) is 0 Å². The van der Waals surface area contributed by atoms with E-state index in [1.807, 2.05) is 6.26 Å². The number of carbonyl (C=O) groups is 2. The lowest BCUT2D eigenvalue weighted by Crippen LogP contribution is -2.37. The van der Waals surface area contributed by atoms with Crippen molar-refractivity contribution in [3.05, 3.63) is 0 Å². The molecular formula is C13H23NO3S. The van der Waals surface area contributed by atoms with E-state index in [-0.39, 0.29) is 11.8 Å². The average Bonchev–Trinajstić information content (AvgIpc) is 2.79. The second-order valence-corrected chi connectivity index (χ2v) is 6.04. The summed E-state index contributed by atoms with van der Waals surface area (Å²) in [4.78, 5) is 25.2. The number of carbonyl (C=O) groups excluding carboxylic acids is 1. The number of hydrogen-bond donors (Lipinski definition) is 1. The summed E-state index contributed by atoms with van der Waals surface area (Å²) in [6, 6.07) is 0. The quantitative estimate of drug-likeness (QED) is 0.803. The van der Waals surface area contributed by atoms with Gasteiger partial charge < -0.3 is 10.0 Å². The van der Waals surface area contributed by atoms with Gasteiger partial charge in [-0.2, -0.15) is 11.8 Å². The molecule has 104 valence electrons. The zero-order chi connectivity index (χ0) is 13.7. The average molecular weight is 273 g/mol. The first kappa shape index (κ1) is 15.3. The molecule has 0 spiro atoms. The van der Waals surface area contributed by atoms with Gasteiger partial charge in [0.05, 0.1) is 11.8 Å². The van der Waals surface area contributed by atoms with Crippen molar-refractivity contribution >= 4 is 23.6 Å². The van der Waals surface area contributed by atoms with Gasteiger partial charge in [-0.1, -0.05) is 13.3 Å². The monoisotopic (exact) mass is 273 g/mol. The largest absolute Gasteiger partial charge is 0.481 e. The summed E-state index contributed by atoms with van der Waals surface area (Å²) in [6.07, 6.45) is 4.34. The second kappa shape index (κ2) is 7.02. The van der Waals surface area contributed by atoms with E-state index >= 15 is 0 Å². The fourth-order valence-corrected chi connectivity index (χ4v) is 3.10. The molecular weight excluding hydrogens is 250 g/mol. The summed E-state index contributed by atoms with van der Waals surface area (Å²) in [6.45, 7) is 2.76. The van der Waals surface area contributed by atoms with Crippen molar-refractivity contribution in [3.63, 3.8) is 0 Å².